The molecule has 1 aliphatic heterocycles. The van der Waals surface area contributed by atoms with E-state index in [-0.39, 0.29) is 17.2 Å². The van der Waals surface area contributed by atoms with Crippen LogP contribution < -0.4 is 4.90 Å². The van der Waals surface area contributed by atoms with E-state index >= 15 is 0 Å². The maximum Gasteiger partial charge on any atom is 0.271 e. The Kier molecular flexibility index (Phi) is 6.69. The highest BCUT2D eigenvalue weighted by molar-refractivity contribution is 6.02. The zero-order valence-corrected chi connectivity index (χ0v) is 20.1. The Morgan fingerprint density at radius 3 is 2.34 bits per heavy atom. The molecule has 1 aliphatic rings. The molecule has 8 heteroatoms. The Morgan fingerprint density at radius 1 is 1.03 bits per heavy atom. The van der Waals surface area contributed by atoms with E-state index in [1.165, 1.54) is 6.07 Å². The van der Waals surface area contributed by atoms with Crippen molar-refractivity contribution in [3.05, 3.63) is 92.8 Å². The van der Waals surface area contributed by atoms with Crippen molar-refractivity contribution < 1.29 is 9.72 Å². The minimum atomic E-state index is -0.415. The van der Waals surface area contributed by atoms with Crippen molar-refractivity contribution >= 4 is 23.4 Å². The van der Waals surface area contributed by atoms with Crippen molar-refractivity contribution in [3.63, 3.8) is 0 Å². The van der Waals surface area contributed by atoms with E-state index in [1.807, 2.05) is 49.6 Å². The number of hydrogen-bond acceptors (Lipinski definition) is 5. The molecule has 1 aromatic heterocycles. The number of non-ortho nitro benzene ring substituents is 1. The smallest absolute Gasteiger partial charge is 0.271 e. The average molecular weight is 470 g/mol. The molecule has 2 aromatic carbocycles. The van der Waals surface area contributed by atoms with Gasteiger partial charge in [-0.05, 0) is 56.2 Å². The second kappa shape index (κ2) is 9.85. The number of nitro groups is 1. The number of carbonyl (C=O) groups is 1. The van der Waals surface area contributed by atoms with E-state index in [0.717, 1.165) is 28.2 Å². The van der Waals surface area contributed by atoms with Crippen LogP contribution in [-0.2, 0) is 4.79 Å². The van der Waals surface area contributed by atoms with Gasteiger partial charge in [0.2, 0.25) is 0 Å². The van der Waals surface area contributed by atoms with Gasteiger partial charge in [-0.1, -0.05) is 24.3 Å². The topological polar surface area (TPSA) is 95.4 Å². The largest absolute Gasteiger partial charge is 0.368 e. The van der Waals surface area contributed by atoms with E-state index in [2.05, 4.69) is 23.1 Å². The van der Waals surface area contributed by atoms with Gasteiger partial charge >= 0.3 is 0 Å². The highest BCUT2D eigenvalue weighted by Crippen LogP contribution is 2.28. The van der Waals surface area contributed by atoms with E-state index in [1.54, 1.807) is 23.1 Å². The van der Waals surface area contributed by atoms with Gasteiger partial charge in [0, 0.05) is 55.4 Å². The molecule has 4 rings (SSSR count). The summed E-state index contributed by atoms with van der Waals surface area (Å²) in [7, 11) is 0. The number of nitrogens with zero attached hydrogens (tertiary/aromatic N) is 5. The average Bonchev–Trinajstić information content (AvgIpc) is 3.15. The molecule has 0 spiro atoms. The maximum atomic E-state index is 13.2. The third-order valence-electron chi connectivity index (χ3n) is 6.45. The third kappa shape index (κ3) is 4.80. The highest BCUT2D eigenvalue weighted by Gasteiger charge is 2.24. The molecule has 0 radical (unpaired) electrons. The van der Waals surface area contributed by atoms with Crippen molar-refractivity contribution in [2.24, 2.45) is 0 Å². The second-order valence-corrected chi connectivity index (χ2v) is 8.67. The van der Waals surface area contributed by atoms with Crippen LogP contribution in [-0.4, -0.2) is 46.5 Å². The number of aromatic nitrogens is 1. The summed E-state index contributed by atoms with van der Waals surface area (Å²) < 4.78 is 1.92. The zero-order valence-electron chi connectivity index (χ0n) is 20.1. The van der Waals surface area contributed by atoms with E-state index in [0.29, 0.717) is 31.9 Å². The molecule has 0 bridgehead atoms. The van der Waals surface area contributed by atoms with E-state index < -0.39 is 4.92 Å². The minimum Gasteiger partial charge on any atom is -0.368 e. The predicted octanol–water partition coefficient (Wildman–Crippen LogP) is 4.57. The molecule has 0 unspecified atom stereocenters. The molecule has 8 nitrogen and oxygen atoms in total. The molecular weight excluding hydrogens is 442 g/mol. The van der Waals surface area contributed by atoms with Gasteiger partial charge in [0.05, 0.1) is 10.6 Å². The number of anilines is 1. The lowest BCUT2D eigenvalue weighted by Gasteiger charge is -2.36. The molecular formula is C27H27N5O3. The Morgan fingerprint density at radius 2 is 1.71 bits per heavy atom. The van der Waals surface area contributed by atoms with Crippen LogP contribution in [0.25, 0.3) is 11.8 Å². The number of para-hydroxylation sites is 1. The van der Waals surface area contributed by atoms with Gasteiger partial charge in [-0.3, -0.25) is 14.9 Å². The summed E-state index contributed by atoms with van der Waals surface area (Å²) in [4.78, 5) is 28.0. The summed E-state index contributed by atoms with van der Waals surface area (Å²) in [5.74, 6) is -0.281. The molecule has 0 aliphatic carbocycles. The normalized spacial score (nSPS) is 14.1. The monoisotopic (exact) mass is 469 g/mol. The molecule has 1 fully saturated rings. The van der Waals surface area contributed by atoms with Crippen LogP contribution in [0.3, 0.4) is 0 Å². The lowest BCUT2D eigenvalue weighted by atomic mass is 10.1. The van der Waals surface area contributed by atoms with Gasteiger partial charge in [0.15, 0.2) is 0 Å². The zero-order chi connectivity index (χ0) is 25.1. The molecule has 3 aromatic rings. The summed E-state index contributed by atoms with van der Waals surface area (Å²) >= 11 is 0. The maximum absolute atomic E-state index is 13.2. The van der Waals surface area contributed by atoms with Crippen molar-refractivity contribution in [3.8, 4) is 11.8 Å². The van der Waals surface area contributed by atoms with Gasteiger partial charge in [0.25, 0.3) is 11.6 Å². The van der Waals surface area contributed by atoms with Crippen LogP contribution in [0.4, 0.5) is 11.4 Å². The Labute approximate surface area is 204 Å². The summed E-state index contributed by atoms with van der Waals surface area (Å²) in [6.45, 7) is 8.17. The van der Waals surface area contributed by atoms with Gasteiger partial charge in [-0.2, -0.15) is 5.26 Å². The predicted molar refractivity (Wildman–Crippen MR) is 135 cm³/mol. The summed E-state index contributed by atoms with van der Waals surface area (Å²) in [5, 5.41) is 21.1. The SMILES string of the molecule is Cc1ccc([N+](=O)[O-])cc1-n1c(C)cc(/C=C(\C#N)C(=O)N2CCN(c3ccccc3)CC2)c1C. The van der Waals surface area contributed by atoms with E-state index in [9.17, 15) is 20.2 Å². The lowest BCUT2D eigenvalue weighted by Crippen LogP contribution is -2.49. The highest BCUT2D eigenvalue weighted by atomic mass is 16.6. The minimum absolute atomic E-state index is 0.0118. The standard InChI is InChI=1S/C27H27N5O3/c1-19-9-10-25(32(34)35)17-26(19)31-20(2)15-22(21(31)3)16-23(18-28)27(33)30-13-11-29(12-14-30)24-7-5-4-6-8-24/h4-10,15-17H,11-14H2,1-3H3/b23-16+. The number of carbonyl (C=O) groups excluding carboxylic acids is 1. The van der Waals surface area contributed by atoms with Crippen LogP contribution in [0.1, 0.15) is 22.5 Å². The quantitative estimate of drug-likeness (QED) is 0.236. The summed E-state index contributed by atoms with van der Waals surface area (Å²) in [6, 6.07) is 18.8. The number of rotatable bonds is 5. The number of nitriles is 1. The molecule has 0 saturated carbocycles. The van der Waals surface area contributed by atoms with Crippen LogP contribution in [0.5, 0.6) is 0 Å². The first-order chi connectivity index (χ1) is 16.8. The molecule has 0 atom stereocenters. The number of amides is 1. The lowest BCUT2D eigenvalue weighted by molar-refractivity contribution is -0.384. The van der Waals surface area contributed by atoms with Crippen molar-refractivity contribution in [2.45, 2.75) is 20.8 Å². The fourth-order valence-electron chi connectivity index (χ4n) is 4.53. The number of hydrogen-bond donors (Lipinski definition) is 0. The first-order valence-electron chi connectivity index (χ1n) is 11.5. The molecule has 35 heavy (non-hydrogen) atoms. The molecule has 178 valence electrons. The number of piperazine rings is 1. The van der Waals surface area contributed by atoms with Gasteiger partial charge in [-0.15, -0.1) is 0 Å². The fourth-order valence-corrected chi connectivity index (χ4v) is 4.53. The summed E-state index contributed by atoms with van der Waals surface area (Å²) in [5.41, 5.74) is 5.21. The first kappa shape index (κ1) is 23.8. The molecule has 1 saturated heterocycles. The van der Waals surface area contributed by atoms with Crippen LogP contribution in [0.2, 0.25) is 0 Å². The third-order valence-corrected chi connectivity index (χ3v) is 6.45. The van der Waals surface area contributed by atoms with Gasteiger partial charge in [0.1, 0.15) is 11.6 Å². The van der Waals surface area contributed by atoms with Crippen LogP contribution in [0, 0.1) is 42.2 Å². The van der Waals surface area contributed by atoms with Gasteiger partial charge in [-0.25, -0.2) is 0 Å². The number of nitro benzene ring substituents is 1. The van der Waals surface area contributed by atoms with Crippen LogP contribution >= 0.6 is 0 Å². The van der Waals surface area contributed by atoms with Crippen molar-refractivity contribution in [1.29, 1.82) is 5.26 Å². The first-order valence-corrected chi connectivity index (χ1v) is 11.5. The van der Waals surface area contributed by atoms with Crippen LogP contribution in [0.15, 0.2) is 60.2 Å². The number of aryl methyl sites for hydroxylation is 2. The second-order valence-electron chi connectivity index (χ2n) is 8.67. The Balaban J connectivity index is 1.58. The fraction of sp³-hybridized carbons (Fsp3) is 0.259. The van der Waals surface area contributed by atoms with Crippen molar-refractivity contribution in [2.75, 3.05) is 31.1 Å². The van der Waals surface area contributed by atoms with Crippen molar-refractivity contribution in [1.82, 2.24) is 9.47 Å². The van der Waals surface area contributed by atoms with E-state index in [4.69, 9.17) is 0 Å². The number of benzene rings is 2. The van der Waals surface area contributed by atoms with Gasteiger partial charge < -0.3 is 14.4 Å². The molecule has 0 N–H and O–H groups in total. The molecule has 2 heterocycles. The summed E-state index contributed by atoms with van der Waals surface area (Å²) in [6.07, 6.45) is 1.62. The Bertz CT molecular complexity index is 1340. The molecule has 1 amide bonds. The Hall–Kier alpha value is -4.38.